The van der Waals surface area contributed by atoms with Gasteiger partial charge in [-0.3, -0.25) is 4.79 Å². The summed E-state index contributed by atoms with van der Waals surface area (Å²) in [5.74, 6) is -0.911. The van der Waals surface area contributed by atoms with E-state index in [0.29, 0.717) is 31.0 Å². The number of piperidine rings is 1. The van der Waals surface area contributed by atoms with Gasteiger partial charge in [-0.2, -0.15) is 26.3 Å². The van der Waals surface area contributed by atoms with E-state index in [9.17, 15) is 31.1 Å². The van der Waals surface area contributed by atoms with Crippen LogP contribution in [-0.4, -0.2) is 36.0 Å². The predicted molar refractivity (Wildman–Crippen MR) is 81.5 cm³/mol. The van der Waals surface area contributed by atoms with E-state index in [2.05, 4.69) is 10.2 Å². The molecule has 1 amide bonds. The molecule has 1 aliphatic heterocycles. The van der Waals surface area contributed by atoms with E-state index >= 15 is 0 Å². The first-order chi connectivity index (χ1) is 12.0. The highest BCUT2D eigenvalue weighted by molar-refractivity contribution is 5.94. The Hall–Kier alpha value is -1.77. The van der Waals surface area contributed by atoms with E-state index in [0.717, 1.165) is 25.9 Å². The minimum absolute atomic E-state index is 0.0188. The summed E-state index contributed by atoms with van der Waals surface area (Å²) >= 11 is 0. The number of rotatable bonds is 3. The molecular weight excluding hydrogens is 362 g/mol. The molecule has 1 aliphatic carbocycles. The predicted octanol–water partition coefficient (Wildman–Crippen LogP) is 4.08. The first-order valence-corrected chi connectivity index (χ1v) is 8.38. The fourth-order valence-corrected chi connectivity index (χ4v) is 3.20. The number of carbonyl (C=O) groups excluding carboxylic acids is 1. The minimum Gasteiger partial charge on any atom is -0.349 e. The van der Waals surface area contributed by atoms with E-state index in [1.54, 1.807) is 0 Å². The standard InChI is InChI=1S/C17H18F6N2O/c18-16(19,20)11-7-10(8-12(9-11)17(21,22)23)15(26)24-13-3-5-25(6-4-13)14-1-2-14/h7-9,13-14H,1-6H2,(H,24,26). The van der Waals surface area contributed by atoms with Gasteiger partial charge < -0.3 is 10.2 Å². The molecule has 0 spiro atoms. The fourth-order valence-electron chi connectivity index (χ4n) is 3.20. The van der Waals surface area contributed by atoms with Crippen molar-refractivity contribution >= 4 is 5.91 Å². The van der Waals surface area contributed by atoms with Gasteiger partial charge in [-0.25, -0.2) is 0 Å². The third-order valence-electron chi connectivity index (χ3n) is 4.78. The number of alkyl halides is 6. The van der Waals surface area contributed by atoms with Crippen LogP contribution in [0, 0.1) is 0 Å². The molecule has 1 heterocycles. The molecule has 3 nitrogen and oxygen atoms in total. The molecule has 1 N–H and O–H groups in total. The van der Waals surface area contributed by atoms with Crippen molar-refractivity contribution in [1.29, 1.82) is 0 Å². The van der Waals surface area contributed by atoms with Crippen LogP contribution in [0.15, 0.2) is 18.2 Å². The van der Waals surface area contributed by atoms with Crippen molar-refractivity contribution in [3.8, 4) is 0 Å². The number of hydrogen-bond donors (Lipinski definition) is 1. The molecule has 0 unspecified atom stereocenters. The van der Waals surface area contributed by atoms with E-state index in [1.165, 1.54) is 0 Å². The van der Waals surface area contributed by atoms with Crippen molar-refractivity contribution in [2.45, 2.75) is 50.1 Å². The zero-order chi connectivity index (χ0) is 19.1. The summed E-state index contributed by atoms with van der Waals surface area (Å²) in [6, 6.07) is 1.28. The van der Waals surface area contributed by atoms with Crippen LogP contribution >= 0.6 is 0 Å². The Bertz CT molecular complexity index is 641. The Morgan fingerprint density at radius 3 is 1.81 bits per heavy atom. The normalized spacial score (nSPS) is 20.2. The van der Waals surface area contributed by atoms with Gasteiger partial charge in [0, 0.05) is 30.7 Å². The Labute approximate surface area is 146 Å². The van der Waals surface area contributed by atoms with Gasteiger partial charge in [0.25, 0.3) is 5.91 Å². The van der Waals surface area contributed by atoms with Crippen LogP contribution in [0.25, 0.3) is 0 Å². The second kappa shape index (κ2) is 6.75. The number of likely N-dealkylation sites (tertiary alicyclic amines) is 1. The maximum atomic E-state index is 12.9. The summed E-state index contributed by atoms with van der Waals surface area (Å²) in [5.41, 5.74) is -3.60. The molecule has 0 radical (unpaired) electrons. The van der Waals surface area contributed by atoms with Crippen molar-refractivity contribution < 1.29 is 31.1 Å². The van der Waals surface area contributed by atoms with Crippen LogP contribution in [0.4, 0.5) is 26.3 Å². The average molecular weight is 380 g/mol. The monoisotopic (exact) mass is 380 g/mol. The van der Waals surface area contributed by atoms with Crippen LogP contribution < -0.4 is 5.32 Å². The number of carbonyl (C=O) groups is 1. The smallest absolute Gasteiger partial charge is 0.349 e. The Kier molecular flexibility index (Phi) is 4.94. The summed E-state index contributed by atoms with van der Waals surface area (Å²) in [5, 5.41) is 2.57. The lowest BCUT2D eigenvalue weighted by Crippen LogP contribution is -2.45. The highest BCUT2D eigenvalue weighted by Gasteiger charge is 2.38. The first kappa shape index (κ1) is 19.0. The van der Waals surface area contributed by atoms with Gasteiger partial charge >= 0.3 is 12.4 Å². The molecule has 0 aromatic heterocycles. The molecule has 0 atom stereocenters. The van der Waals surface area contributed by atoms with E-state index in [1.807, 2.05) is 0 Å². The SMILES string of the molecule is O=C(NC1CCN(C2CC2)CC1)c1cc(C(F)(F)F)cc(C(F)(F)F)c1. The first-order valence-electron chi connectivity index (χ1n) is 8.38. The second-order valence-electron chi connectivity index (χ2n) is 6.81. The van der Waals surface area contributed by atoms with Gasteiger partial charge in [0.1, 0.15) is 0 Å². The third-order valence-corrected chi connectivity index (χ3v) is 4.78. The van der Waals surface area contributed by atoms with Crippen molar-refractivity contribution in [2.24, 2.45) is 0 Å². The van der Waals surface area contributed by atoms with Gasteiger partial charge in [0.05, 0.1) is 11.1 Å². The molecule has 26 heavy (non-hydrogen) atoms. The minimum atomic E-state index is -4.97. The third kappa shape index (κ3) is 4.49. The summed E-state index contributed by atoms with van der Waals surface area (Å²) < 4.78 is 77.3. The number of benzene rings is 1. The number of nitrogens with zero attached hydrogens (tertiary/aromatic N) is 1. The molecule has 9 heteroatoms. The van der Waals surface area contributed by atoms with Crippen LogP contribution in [0.2, 0.25) is 0 Å². The van der Waals surface area contributed by atoms with Gasteiger partial charge in [0.15, 0.2) is 0 Å². The Morgan fingerprint density at radius 2 is 1.38 bits per heavy atom. The highest BCUT2D eigenvalue weighted by Crippen LogP contribution is 2.36. The second-order valence-corrected chi connectivity index (χ2v) is 6.81. The van der Waals surface area contributed by atoms with Crippen molar-refractivity contribution in [2.75, 3.05) is 13.1 Å². The summed E-state index contributed by atoms with van der Waals surface area (Å²) in [6.45, 7) is 1.54. The Morgan fingerprint density at radius 1 is 0.885 bits per heavy atom. The lowest BCUT2D eigenvalue weighted by molar-refractivity contribution is -0.143. The molecule has 0 bridgehead atoms. The van der Waals surface area contributed by atoms with Gasteiger partial charge in [-0.1, -0.05) is 0 Å². The molecule has 1 aromatic rings. The van der Waals surface area contributed by atoms with Gasteiger partial charge in [-0.15, -0.1) is 0 Å². The maximum Gasteiger partial charge on any atom is 0.416 e. The molecule has 2 aliphatic rings. The fraction of sp³-hybridized carbons (Fsp3) is 0.588. The summed E-state index contributed by atoms with van der Waals surface area (Å²) in [4.78, 5) is 14.5. The summed E-state index contributed by atoms with van der Waals surface area (Å²) in [6.07, 6.45) is -6.36. The van der Waals surface area contributed by atoms with Crippen LogP contribution in [0.5, 0.6) is 0 Å². The lowest BCUT2D eigenvalue weighted by atomic mass is 10.0. The van der Waals surface area contributed by atoms with Crippen molar-refractivity contribution in [3.63, 3.8) is 0 Å². The molecular formula is C17H18F6N2O. The Balaban J connectivity index is 1.73. The van der Waals surface area contributed by atoms with Crippen LogP contribution in [0.3, 0.4) is 0 Å². The molecule has 1 saturated carbocycles. The van der Waals surface area contributed by atoms with Gasteiger partial charge in [-0.05, 0) is 43.9 Å². The molecule has 2 fully saturated rings. The average Bonchev–Trinajstić information content (AvgIpc) is 3.38. The van der Waals surface area contributed by atoms with Crippen LogP contribution in [-0.2, 0) is 12.4 Å². The van der Waals surface area contributed by atoms with E-state index in [-0.39, 0.29) is 12.1 Å². The largest absolute Gasteiger partial charge is 0.416 e. The number of amides is 1. The van der Waals surface area contributed by atoms with E-state index in [4.69, 9.17) is 0 Å². The molecule has 1 aromatic carbocycles. The number of nitrogens with one attached hydrogen (secondary N) is 1. The summed E-state index contributed by atoms with van der Waals surface area (Å²) in [7, 11) is 0. The lowest BCUT2D eigenvalue weighted by Gasteiger charge is -2.32. The quantitative estimate of drug-likeness (QED) is 0.802. The zero-order valence-electron chi connectivity index (χ0n) is 13.8. The molecule has 1 saturated heterocycles. The highest BCUT2D eigenvalue weighted by atomic mass is 19.4. The molecule has 3 rings (SSSR count). The number of halogens is 6. The van der Waals surface area contributed by atoms with Gasteiger partial charge in [0.2, 0.25) is 0 Å². The van der Waals surface area contributed by atoms with Crippen molar-refractivity contribution in [3.05, 3.63) is 34.9 Å². The number of hydrogen-bond acceptors (Lipinski definition) is 2. The zero-order valence-corrected chi connectivity index (χ0v) is 13.8. The molecule has 144 valence electrons. The van der Waals surface area contributed by atoms with E-state index < -0.39 is 35.0 Å². The maximum absolute atomic E-state index is 12.9. The van der Waals surface area contributed by atoms with Crippen molar-refractivity contribution in [1.82, 2.24) is 10.2 Å². The topological polar surface area (TPSA) is 32.3 Å². The van der Waals surface area contributed by atoms with Crippen LogP contribution in [0.1, 0.15) is 47.2 Å².